The van der Waals surface area contributed by atoms with Crippen molar-refractivity contribution in [3.05, 3.63) is 12.2 Å². The van der Waals surface area contributed by atoms with Crippen molar-refractivity contribution >= 4 is 0 Å². The minimum Gasteiger partial charge on any atom is -0.396 e. The van der Waals surface area contributed by atoms with Gasteiger partial charge in [0.15, 0.2) is 0 Å². The first-order chi connectivity index (χ1) is 12.5. The smallest absolute Gasteiger partial charge is 0.0540 e. The summed E-state index contributed by atoms with van der Waals surface area (Å²) in [5.41, 5.74) is 0.533. The summed E-state index contributed by atoms with van der Waals surface area (Å²) >= 11 is 0. The maximum absolute atomic E-state index is 10.3. The van der Waals surface area contributed by atoms with Gasteiger partial charge in [0.1, 0.15) is 0 Å². The van der Waals surface area contributed by atoms with Crippen LogP contribution in [0.5, 0.6) is 0 Å². The molecule has 0 aliphatic heterocycles. The van der Waals surface area contributed by atoms with Gasteiger partial charge in [0.2, 0.25) is 0 Å². The highest BCUT2D eigenvalue weighted by molar-refractivity contribution is 5.07. The first kappa shape index (κ1) is 22.0. The summed E-state index contributed by atoms with van der Waals surface area (Å²) in [6.45, 7) is 7.51. The van der Waals surface area contributed by atoms with E-state index in [-0.39, 0.29) is 6.10 Å². The molecular weight excluding hydrogens is 320 g/mol. The van der Waals surface area contributed by atoms with Gasteiger partial charge in [0.25, 0.3) is 0 Å². The van der Waals surface area contributed by atoms with Crippen molar-refractivity contribution in [1.29, 1.82) is 0 Å². The van der Waals surface area contributed by atoms with Gasteiger partial charge in [-0.15, -0.1) is 0 Å². The minimum absolute atomic E-state index is 0.0810. The van der Waals surface area contributed by atoms with Gasteiger partial charge in [-0.3, -0.25) is 0 Å². The van der Waals surface area contributed by atoms with E-state index in [1.54, 1.807) is 0 Å². The summed E-state index contributed by atoms with van der Waals surface area (Å²) in [6, 6.07) is 0. The molecule has 0 aromatic heterocycles. The summed E-state index contributed by atoms with van der Waals surface area (Å²) in [6.07, 6.45) is 18.7. The summed E-state index contributed by atoms with van der Waals surface area (Å²) in [5, 5.41) is 19.2. The molecule has 1 unspecified atom stereocenters. The Bertz CT molecular complexity index is 414. The molecule has 2 bridgehead atoms. The predicted molar refractivity (Wildman–Crippen MR) is 111 cm³/mol. The third-order valence-electron chi connectivity index (χ3n) is 7.62. The fraction of sp³-hybridized carbons (Fsp3) is 0.917. The Kier molecular flexibility index (Phi) is 9.17. The second-order valence-electron chi connectivity index (χ2n) is 9.67. The summed E-state index contributed by atoms with van der Waals surface area (Å²) in [4.78, 5) is 0. The minimum atomic E-state index is -0.0810. The molecule has 0 aromatic rings. The third kappa shape index (κ3) is 5.83. The summed E-state index contributed by atoms with van der Waals surface area (Å²) < 4.78 is 0. The highest BCUT2D eigenvalue weighted by atomic mass is 16.3. The quantitative estimate of drug-likeness (QED) is 0.305. The summed E-state index contributed by atoms with van der Waals surface area (Å²) in [5.74, 6) is 3.42. The zero-order chi connectivity index (χ0) is 19.0. The first-order valence-corrected chi connectivity index (χ1v) is 11.4. The van der Waals surface area contributed by atoms with Crippen LogP contribution in [0.25, 0.3) is 0 Å². The van der Waals surface area contributed by atoms with Crippen molar-refractivity contribution in [3.63, 3.8) is 0 Å². The molecule has 3 saturated carbocycles. The average Bonchev–Trinajstić information content (AvgIpc) is 2.63. The standard InChI is InChI=1S/C24H44O2/c1-4-5-9-12-21(26)15-14-19-17-20-18-23(24(20,2)3)22(19)13-10-7-6-8-11-16-25/h7,10,19-23,25-26H,4-6,8-9,11-18H2,1-3H3/t19?,20-,21-,22+,23-/m0/s1. The maximum Gasteiger partial charge on any atom is 0.0540 e. The van der Waals surface area contributed by atoms with E-state index in [9.17, 15) is 5.11 Å². The number of fused-ring (bicyclic) bond motifs is 2. The number of allylic oxidation sites excluding steroid dienone is 2. The number of hydrogen-bond donors (Lipinski definition) is 2. The Morgan fingerprint density at radius 1 is 1.04 bits per heavy atom. The molecule has 2 N–H and O–H groups in total. The Hall–Kier alpha value is -0.340. The van der Waals surface area contributed by atoms with Crippen LogP contribution in [0.15, 0.2) is 12.2 Å². The Morgan fingerprint density at radius 3 is 2.54 bits per heavy atom. The summed E-state index contributed by atoms with van der Waals surface area (Å²) in [7, 11) is 0. The van der Waals surface area contributed by atoms with Crippen molar-refractivity contribution in [1.82, 2.24) is 0 Å². The molecular formula is C24H44O2. The Balaban J connectivity index is 1.81. The molecule has 0 amide bonds. The molecule has 26 heavy (non-hydrogen) atoms. The van der Waals surface area contributed by atoms with E-state index in [0.717, 1.165) is 55.8 Å². The van der Waals surface area contributed by atoms with Gasteiger partial charge >= 0.3 is 0 Å². The van der Waals surface area contributed by atoms with E-state index in [4.69, 9.17) is 5.11 Å². The first-order valence-electron chi connectivity index (χ1n) is 11.4. The highest BCUT2D eigenvalue weighted by Gasteiger charge is 2.56. The van der Waals surface area contributed by atoms with E-state index >= 15 is 0 Å². The van der Waals surface area contributed by atoms with Gasteiger partial charge < -0.3 is 10.2 Å². The molecule has 0 radical (unpaired) electrons. The van der Waals surface area contributed by atoms with Crippen molar-refractivity contribution in [2.45, 2.75) is 104 Å². The SMILES string of the molecule is CCCCC[C@H](O)CCC1C[C@H]2C[C@@H]([C@@H]1CC=CCCCCO)C2(C)C. The van der Waals surface area contributed by atoms with Crippen molar-refractivity contribution in [2.24, 2.45) is 29.1 Å². The van der Waals surface area contributed by atoms with Crippen LogP contribution >= 0.6 is 0 Å². The maximum atomic E-state index is 10.3. The lowest BCUT2D eigenvalue weighted by Gasteiger charge is -2.63. The highest BCUT2D eigenvalue weighted by Crippen LogP contribution is 2.64. The molecule has 3 fully saturated rings. The monoisotopic (exact) mass is 364 g/mol. The number of unbranched alkanes of at least 4 members (excludes halogenated alkanes) is 4. The number of aliphatic hydroxyl groups excluding tert-OH is 2. The van der Waals surface area contributed by atoms with Crippen LogP contribution in [-0.2, 0) is 0 Å². The fourth-order valence-electron chi connectivity index (χ4n) is 5.67. The lowest BCUT2D eigenvalue weighted by Crippen LogP contribution is -2.55. The third-order valence-corrected chi connectivity index (χ3v) is 7.62. The van der Waals surface area contributed by atoms with Crippen molar-refractivity contribution < 1.29 is 10.2 Å². The van der Waals surface area contributed by atoms with E-state index < -0.39 is 0 Å². The van der Waals surface area contributed by atoms with E-state index in [2.05, 4.69) is 32.9 Å². The molecule has 0 heterocycles. The van der Waals surface area contributed by atoms with Crippen LogP contribution < -0.4 is 0 Å². The van der Waals surface area contributed by atoms with Gasteiger partial charge in [-0.2, -0.15) is 0 Å². The lowest BCUT2D eigenvalue weighted by atomic mass is 9.42. The van der Waals surface area contributed by atoms with Crippen molar-refractivity contribution in [2.75, 3.05) is 6.61 Å². The van der Waals surface area contributed by atoms with E-state index in [0.29, 0.717) is 12.0 Å². The van der Waals surface area contributed by atoms with Crippen molar-refractivity contribution in [3.8, 4) is 0 Å². The predicted octanol–water partition coefficient (Wildman–Crippen LogP) is 6.12. The van der Waals surface area contributed by atoms with Gasteiger partial charge in [0, 0.05) is 6.61 Å². The second kappa shape index (κ2) is 10.9. The normalized spacial score (nSPS) is 31.1. The van der Waals surface area contributed by atoms with Gasteiger partial charge in [-0.1, -0.05) is 52.2 Å². The average molecular weight is 365 g/mol. The molecule has 3 rings (SSSR count). The second-order valence-corrected chi connectivity index (χ2v) is 9.67. The van der Waals surface area contributed by atoms with Crippen LogP contribution in [0.1, 0.15) is 97.8 Å². The largest absolute Gasteiger partial charge is 0.396 e. The molecule has 2 heteroatoms. The zero-order valence-corrected chi connectivity index (χ0v) is 17.6. The van der Waals surface area contributed by atoms with E-state index in [1.165, 1.54) is 44.9 Å². The fourth-order valence-corrected chi connectivity index (χ4v) is 5.67. The molecule has 0 aromatic carbocycles. The molecule has 3 aliphatic carbocycles. The van der Waals surface area contributed by atoms with Crippen LogP contribution in [0, 0.1) is 29.1 Å². The van der Waals surface area contributed by atoms with Gasteiger partial charge in [-0.05, 0) is 86.9 Å². The van der Waals surface area contributed by atoms with Gasteiger partial charge in [-0.25, -0.2) is 0 Å². The molecule has 2 nitrogen and oxygen atoms in total. The molecule has 5 atom stereocenters. The molecule has 0 spiro atoms. The van der Waals surface area contributed by atoms with Crippen LogP contribution in [-0.4, -0.2) is 22.9 Å². The Morgan fingerprint density at radius 2 is 1.85 bits per heavy atom. The zero-order valence-electron chi connectivity index (χ0n) is 17.6. The van der Waals surface area contributed by atoms with E-state index in [1.807, 2.05) is 0 Å². The van der Waals surface area contributed by atoms with Crippen LogP contribution in [0.4, 0.5) is 0 Å². The Labute approximate surface area is 162 Å². The molecule has 0 saturated heterocycles. The number of rotatable bonds is 13. The lowest BCUT2D eigenvalue weighted by molar-refractivity contribution is -0.136. The van der Waals surface area contributed by atoms with Crippen LogP contribution in [0.2, 0.25) is 0 Å². The van der Waals surface area contributed by atoms with Gasteiger partial charge in [0.05, 0.1) is 6.10 Å². The topological polar surface area (TPSA) is 40.5 Å². The van der Waals surface area contributed by atoms with Crippen LogP contribution in [0.3, 0.4) is 0 Å². The number of aliphatic hydroxyl groups is 2. The number of hydrogen-bond acceptors (Lipinski definition) is 2. The molecule has 3 aliphatic rings. The molecule has 152 valence electrons.